The minimum Gasteiger partial charge on any atom is -0.497 e. The number of Topliss-reactive ketones (excluding diaryl/α,β-unsaturated/α-hetero) is 1. The molecule has 0 aliphatic carbocycles. The van der Waals surface area contributed by atoms with Gasteiger partial charge >= 0.3 is 5.97 Å². The third-order valence-corrected chi connectivity index (χ3v) is 9.99. The maximum Gasteiger partial charge on any atom is 0.338 e. The highest BCUT2D eigenvalue weighted by Crippen LogP contribution is 2.44. The molecular formula is C46H54O10. The molecule has 0 bridgehead atoms. The van der Waals surface area contributed by atoms with E-state index in [2.05, 4.69) is 0 Å². The van der Waals surface area contributed by atoms with Gasteiger partial charge in [0, 0.05) is 25.4 Å². The van der Waals surface area contributed by atoms with Gasteiger partial charge in [-0.2, -0.15) is 0 Å². The number of rotatable bonds is 20. The average molecular weight is 767 g/mol. The third-order valence-electron chi connectivity index (χ3n) is 9.99. The lowest BCUT2D eigenvalue weighted by Crippen LogP contribution is -2.64. The summed E-state index contributed by atoms with van der Waals surface area (Å²) in [5, 5.41) is 0. The summed E-state index contributed by atoms with van der Waals surface area (Å²) in [6, 6.07) is 33.9. The van der Waals surface area contributed by atoms with Crippen molar-refractivity contribution >= 4 is 11.8 Å². The van der Waals surface area contributed by atoms with Crippen molar-refractivity contribution < 1.29 is 47.5 Å². The molecule has 1 fully saturated rings. The number of hydrogen-bond acceptors (Lipinski definition) is 10. The summed E-state index contributed by atoms with van der Waals surface area (Å²) in [5.74, 6) is -1.40. The van der Waals surface area contributed by atoms with Crippen LogP contribution >= 0.6 is 0 Å². The van der Waals surface area contributed by atoms with Gasteiger partial charge < -0.3 is 37.9 Å². The van der Waals surface area contributed by atoms with Gasteiger partial charge in [-0.05, 0) is 60.0 Å². The van der Waals surface area contributed by atoms with E-state index >= 15 is 0 Å². The van der Waals surface area contributed by atoms with Gasteiger partial charge in [-0.15, -0.1) is 0 Å². The lowest BCUT2D eigenvalue weighted by atomic mass is 9.76. The number of methoxy groups -OCH3 is 3. The van der Waals surface area contributed by atoms with Crippen molar-refractivity contribution in [2.75, 3.05) is 27.9 Å². The molecule has 1 aliphatic heterocycles. The molecule has 5 atom stereocenters. The first-order chi connectivity index (χ1) is 27.1. The summed E-state index contributed by atoms with van der Waals surface area (Å²) < 4.78 is 48.3. The van der Waals surface area contributed by atoms with Crippen LogP contribution < -0.4 is 9.47 Å². The van der Waals surface area contributed by atoms with Crippen LogP contribution in [0.5, 0.6) is 11.5 Å². The number of esters is 1. The topological polar surface area (TPSA) is 108 Å². The molecule has 1 heterocycles. The highest BCUT2D eigenvalue weighted by atomic mass is 16.7. The van der Waals surface area contributed by atoms with Gasteiger partial charge in [0.25, 0.3) is 0 Å². The second kappa shape index (κ2) is 20.4. The Kier molecular flexibility index (Phi) is 15.4. The van der Waals surface area contributed by atoms with Gasteiger partial charge in [0.05, 0.1) is 64.5 Å². The Hall–Kier alpha value is -4.84. The molecule has 10 nitrogen and oxygen atoms in total. The largest absolute Gasteiger partial charge is 0.497 e. The first-order valence-corrected chi connectivity index (χ1v) is 18.9. The lowest BCUT2D eigenvalue weighted by molar-refractivity contribution is -0.295. The number of carbonyl (C=O) groups is 2. The SMILES string of the molecule is COc1ccc(COC/C=C/C(C)(C)[C@]2(OC)O[C@H](C[C@@H](OCc3ccc(OC)cc3)[C@@H](C)OCc3ccccc3)C[C@H](OC(=O)c3ccccc3)C2=O)cc1. The lowest BCUT2D eigenvalue weighted by Gasteiger charge is -2.49. The zero-order valence-corrected chi connectivity index (χ0v) is 33.2. The van der Waals surface area contributed by atoms with Crippen molar-refractivity contribution in [3.8, 4) is 11.5 Å². The quantitative estimate of drug-likeness (QED) is 0.0495. The Morgan fingerprint density at radius 1 is 0.786 bits per heavy atom. The number of ether oxygens (including phenoxy) is 8. The molecule has 1 aliphatic rings. The molecule has 0 N–H and O–H groups in total. The predicted octanol–water partition coefficient (Wildman–Crippen LogP) is 8.31. The molecule has 4 aromatic carbocycles. The van der Waals surface area contributed by atoms with Crippen molar-refractivity contribution in [1.82, 2.24) is 0 Å². The standard InChI is InChI=1S/C46H54O10/c1-33(53-31-34-14-9-7-10-15-34)41(54-32-36-20-24-39(50-5)25-21-36)28-40-29-42(55-44(48)37-16-11-8-12-17-37)43(47)46(51-6,56-40)45(2,3)26-13-27-52-30-35-18-22-38(49-4)23-19-35/h7-26,33,40-42H,27-32H2,1-6H3/b26-13+/t33-,40-,41-,42+,46-/m1/s1. The molecule has 0 spiro atoms. The van der Waals surface area contributed by atoms with Gasteiger partial charge in [-0.3, -0.25) is 4.79 Å². The minimum absolute atomic E-state index is 0.0983. The Labute approximate surface area is 330 Å². The Bertz CT molecular complexity index is 1830. The number of ketones is 1. The molecule has 5 rings (SSSR count). The Morgan fingerprint density at radius 3 is 1.93 bits per heavy atom. The van der Waals surface area contributed by atoms with Crippen LogP contribution in [0, 0.1) is 5.41 Å². The molecule has 56 heavy (non-hydrogen) atoms. The summed E-state index contributed by atoms with van der Waals surface area (Å²) >= 11 is 0. The zero-order chi connectivity index (χ0) is 40.0. The van der Waals surface area contributed by atoms with Gasteiger partial charge in [-0.1, -0.05) is 98.8 Å². The van der Waals surface area contributed by atoms with Crippen molar-refractivity contribution in [2.45, 2.75) is 83.6 Å². The van der Waals surface area contributed by atoms with E-state index in [1.54, 1.807) is 38.5 Å². The van der Waals surface area contributed by atoms with E-state index in [0.717, 1.165) is 28.2 Å². The zero-order valence-electron chi connectivity index (χ0n) is 33.2. The number of carbonyl (C=O) groups excluding carboxylic acids is 2. The second-order valence-corrected chi connectivity index (χ2v) is 14.3. The van der Waals surface area contributed by atoms with Crippen LogP contribution in [0.2, 0.25) is 0 Å². The van der Waals surface area contributed by atoms with Crippen LogP contribution in [0.3, 0.4) is 0 Å². The van der Waals surface area contributed by atoms with Gasteiger partial charge in [0.1, 0.15) is 11.5 Å². The fourth-order valence-corrected chi connectivity index (χ4v) is 6.70. The van der Waals surface area contributed by atoms with Crippen molar-refractivity contribution in [1.29, 1.82) is 0 Å². The van der Waals surface area contributed by atoms with E-state index in [1.165, 1.54) is 7.11 Å². The number of hydrogen-bond donors (Lipinski definition) is 0. The van der Waals surface area contributed by atoms with Crippen LogP contribution in [0.1, 0.15) is 60.7 Å². The highest BCUT2D eigenvalue weighted by molar-refractivity contribution is 5.96. The van der Waals surface area contributed by atoms with Crippen LogP contribution in [0.15, 0.2) is 121 Å². The summed E-state index contributed by atoms with van der Waals surface area (Å²) in [4.78, 5) is 28.0. The van der Waals surface area contributed by atoms with Crippen LogP contribution in [0.4, 0.5) is 0 Å². The molecule has 10 heteroatoms. The minimum atomic E-state index is -1.82. The molecule has 0 amide bonds. The molecule has 0 saturated carbocycles. The van der Waals surface area contributed by atoms with Crippen LogP contribution in [-0.2, 0) is 53.0 Å². The molecular weight excluding hydrogens is 712 g/mol. The molecule has 1 saturated heterocycles. The average Bonchev–Trinajstić information content (AvgIpc) is 3.23. The Balaban J connectivity index is 1.38. The summed E-state index contributed by atoms with van der Waals surface area (Å²) in [6.45, 7) is 7.02. The van der Waals surface area contributed by atoms with Gasteiger partial charge in [-0.25, -0.2) is 4.79 Å². The third kappa shape index (κ3) is 11.1. The maximum atomic E-state index is 14.5. The van der Waals surface area contributed by atoms with E-state index in [9.17, 15) is 9.59 Å². The van der Waals surface area contributed by atoms with E-state index in [-0.39, 0.29) is 19.1 Å². The molecule has 0 aromatic heterocycles. The van der Waals surface area contributed by atoms with Crippen LogP contribution in [0.25, 0.3) is 0 Å². The molecule has 298 valence electrons. The van der Waals surface area contributed by atoms with E-state index in [1.807, 2.05) is 118 Å². The van der Waals surface area contributed by atoms with Crippen molar-refractivity contribution in [3.63, 3.8) is 0 Å². The molecule has 0 unspecified atom stereocenters. The second-order valence-electron chi connectivity index (χ2n) is 14.3. The van der Waals surface area contributed by atoms with Crippen LogP contribution in [-0.4, -0.2) is 69.9 Å². The smallest absolute Gasteiger partial charge is 0.338 e. The molecule has 4 aromatic rings. The predicted molar refractivity (Wildman–Crippen MR) is 212 cm³/mol. The first kappa shape index (κ1) is 42.3. The Morgan fingerprint density at radius 2 is 1.34 bits per heavy atom. The van der Waals surface area contributed by atoms with E-state index in [0.29, 0.717) is 31.8 Å². The number of benzene rings is 4. The summed E-state index contributed by atoms with van der Waals surface area (Å²) in [7, 11) is 4.69. The van der Waals surface area contributed by atoms with Crippen molar-refractivity contribution in [2.24, 2.45) is 5.41 Å². The summed E-state index contributed by atoms with van der Waals surface area (Å²) in [6.07, 6.45) is 1.44. The monoisotopic (exact) mass is 766 g/mol. The van der Waals surface area contributed by atoms with Gasteiger partial charge in [0.2, 0.25) is 11.6 Å². The fraction of sp³-hybridized carbons (Fsp3) is 0.391. The maximum absolute atomic E-state index is 14.5. The molecule has 0 radical (unpaired) electrons. The first-order valence-electron chi connectivity index (χ1n) is 18.9. The van der Waals surface area contributed by atoms with Crippen molar-refractivity contribution in [3.05, 3.63) is 144 Å². The normalized spacial score (nSPS) is 19.7. The van der Waals surface area contributed by atoms with Gasteiger partial charge in [0.15, 0.2) is 6.10 Å². The van der Waals surface area contributed by atoms with E-state index < -0.39 is 41.3 Å². The summed E-state index contributed by atoms with van der Waals surface area (Å²) in [5.41, 5.74) is 2.28. The fourth-order valence-electron chi connectivity index (χ4n) is 6.70. The highest BCUT2D eigenvalue weighted by Gasteiger charge is 2.59. The van der Waals surface area contributed by atoms with E-state index in [4.69, 9.17) is 37.9 Å².